The van der Waals surface area contributed by atoms with E-state index in [9.17, 15) is 10.1 Å². The van der Waals surface area contributed by atoms with E-state index in [-0.39, 0.29) is 11.9 Å². The van der Waals surface area contributed by atoms with E-state index in [1.54, 1.807) is 10.9 Å². The summed E-state index contributed by atoms with van der Waals surface area (Å²) >= 11 is 0. The van der Waals surface area contributed by atoms with Crippen LogP contribution in [0.15, 0.2) is 48.8 Å². The number of aromatic nitrogens is 2. The fraction of sp³-hybridized carbons (Fsp3) is 0.421. The third-order valence-corrected chi connectivity index (χ3v) is 4.99. The van der Waals surface area contributed by atoms with Crippen molar-refractivity contribution in [3.63, 3.8) is 0 Å². The van der Waals surface area contributed by atoms with Crippen molar-refractivity contribution in [2.24, 2.45) is 0 Å². The van der Waals surface area contributed by atoms with Crippen LogP contribution in [-0.2, 0) is 10.2 Å². The minimum absolute atomic E-state index is 0.0980. The zero-order valence-corrected chi connectivity index (χ0v) is 13.9. The van der Waals surface area contributed by atoms with Gasteiger partial charge in [-0.25, -0.2) is 0 Å². The van der Waals surface area contributed by atoms with Gasteiger partial charge in [0.15, 0.2) is 0 Å². The third-order valence-electron chi connectivity index (χ3n) is 4.99. The average molecular weight is 322 g/mol. The summed E-state index contributed by atoms with van der Waals surface area (Å²) in [5.74, 6) is 0.0980. The Kier molecular flexibility index (Phi) is 4.66. The van der Waals surface area contributed by atoms with E-state index in [1.165, 1.54) is 0 Å². The van der Waals surface area contributed by atoms with Crippen LogP contribution in [0.5, 0.6) is 0 Å². The molecule has 1 aromatic carbocycles. The molecule has 1 aliphatic heterocycles. The smallest absolute Gasteiger partial charge is 0.247 e. The first kappa shape index (κ1) is 16.3. The van der Waals surface area contributed by atoms with Crippen molar-refractivity contribution in [3.05, 3.63) is 54.4 Å². The normalized spacial score (nSPS) is 17.9. The maximum Gasteiger partial charge on any atom is 0.247 e. The van der Waals surface area contributed by atoms with E-state index in [0.717, 1.165) is 5.56 Å². The van der Waals surface area contributed by atoms with Crippen LogP contribution in [0.3, 0.4) is 0 Å². The number of likely N-dealkylation sites (tertiary alicyclic amines) is 1. The summed E-state index contributed by atoms with van der Waals surface area (Å²) in [6.07, 6.45) is 5.59. The highest BCUT2D eigenvalue weighted by atomic mass is 16.2. The Labute approximate surface area is 142 Å². The summed E-state index contributed by atoms with van der Waals surface area (Å²) in [5, 5.41) is 14.0. The monoisotopic (exact) mass is 322 g/mol. The fourth-order valence-electron chi connectivity index (χ4n) is 3.48. The lowest BCUT2D eigenvalue weighted by Gasteiger charge is -2.38. The molecule has 1 amide bonds. The Balaban J connectivity index is 1.72. The van der Waals surface area contributed by atoms with Gasteiger partial charge in [-0.15, -0.1) is 0 Å². The van der Waals surface area contributed by atoms with Gasteiger partial charge >= 0.3 is 0 Å². The lowest BCUT2D eigenvalue weighted by atomic mass is 9.74. The molecule has 3 rings (SSSR count). The minimum atomic E-state index is -0.481. The second-order valence-electron chi connectivity index (χ2n) is 6.30. The maximum atomic E-state index is 12.8. The number of rotatable bonds is 4. The number of nitrogens with zero attached hydrogens (tertiary/aromatic N) is 4. The molecule has 0 spiro atoms. The Morgan fingerprint density at radius 2 is 2.00 bits per heavy atom. The molecule has 1 saturated heterocycles. The molecule has 0 aliphatic carbocycles. The molecule has 0 saturated carbocycles. The number of benzene rings is 1. The van der Waals surface area contributed by atoms with Crippen LogP contribution >= 0.6 is 0 Å². The molecule has 0 unspecified atom stereocenters. The standard InChI is InChI=1S/C19H22N4O/c1-2-17(23-12-6-11-21-23)18(24)22-13-9-19(15-20,10-14-22)16-7-4-3-5-8-16/h3-8,11-12,17H,2,9-10,13-14H2,1H3/t17-/m1/s1. The molecule has 24 heavy (non-hydrogen) atoms. The highest BCUT2D eigenvalue weighted by Gasteiger charge is 2.38. The van der Waals surface area contributed by atoms with Gasteiger partial charge in [-0.2, -0.15) is 10.4 Å². The van der Waals surface area contributed by atoms with Crippen LogP contribution in [0.2, 0.25) is 0 Å². The van der Waals surface area contributed by atoms with E-state index in [4.69, 9.17) is 0 Å². The molecule has 2 aromatic rings. The first-order valence-corrected chi connectivity index (χ1v) is 8.45. The van der Waals surface area contributed by atoms with Crippen molar-refractivity contribution in [2.75, 3.05) is 13.1 Å². The Morgan fingerprint density at radius 1 is 1.29 bits per heavy atom. The van der Waals surface area contributed by atoms with Crippen molar-refractivity contribution < 1.29 is 4.79 Å². The first-order chi connectivity index (χ1) is 11.7. The van der Waals surface area contributed by atoms with Gasteiger partial charge < -0.3 is 4.90 Å². The largest absolute Gasteiger partial charge is 0.341 e. The van der Waals surface area contributed by atoms with Gasteiger partial charge in [0.25, 0.3) is 0 Å². The van der Waals surface area contributed by atoms with Crippen LogP contribution in [0.25, 0.3) is 0 Å². The third kappa shape index (κ3) is 2.92. The summed E-state index contributed by atoms with van der Waals surface area (Å²) < 4.78 is 1.73. The van der Waals surface area contributed by atoms with Crippen LogP contribution in [0.1, 0.15) is 37.8 Å². The van der Waals surface area contributed by atoms with Gasteiger partial charge in [0.2, 0.25) is 5.91 Å². The summed E-state index contributed by atoms with van der Waals surface area (Å²) in [4.78, 5) is 14.7. The average Bonchev–Trinajstić information content (AvgIpc) is 3.17. The summed E-state index contributed by atoms with van der Waals surface area (Å²) in [7, 11) is 0. The topological polar surface area (TPSA) is 61.9 Å². The van der Waals surface area contributed by atoms with Crippen LogP contribution in [0.4, 0.5) is 0 Å². The molecule has 124 valence electrons. The number of piperidine rings is 1. The predicted octanol–water partition coefficient (Wildman–Crippen LogP) is 2.92. The quantitative estimate of drug-likeness (QED) is 0.869. The van der Waals surface area contributed by atoms with Crippen LogP contribution < -0.4 is 0 Å². The summed E-state index contributed by atoms with van der Waals surface area (Å²) in [6.45, 7) is 3.22. The van der Waals surface area contributed by atoms with Crippen molar-refractivity contribution in [3.8, 4) is 6.07 Å². The lowest BCUT2D eigenvalue weighted by molar-refractivity contribution is -0.136. The Morgan fingerprint density at radius 3 is 2.54 bits per heavy atom. The minimum Gasteiger partial charge on any atom is -0.341 e. The molecule has 5 heteroatoms. The van der Waals surface area contributed by atoms with Crippen molar-refractivity contribution in [1.82, 2.24) is 14.7 Å². The molecule has 1 aromatic heterocycles. The van der Waals surface area contributed by atoms with Crippen molar-refractivity contribution in [2.45, 2.75) is 37.6 Å². The molecule has 0 bridgehead atoms. The van der Waals surface area contributed by atoms with Crippen molar-refractivity contribution >= 4 is 5.91 Å². The molecule has 5 nitrogen and oxygen atoms in total. The molecule has 1 aliphatic rings. The molecular weight excluding hydrogens is 300 g/mol. The van der Waals surface area contributed by atoms with Gasteiger partial charge in [-0.3, -0.25) is 9.48 Å². The maximum absolute atomic E-state index is 12.8. The van der Waals surface area contributed by atoms with Crippen molar-refractivity contribution in [1.29, 1.82) is 5.26 Å². The van der Waals surface area contributed by atoms with E-state index in [0.29, 0.717) is 32.4 Å². The fourth-order valence-corrected chi connectivity index (χ4v) is 3.48. The van der Waals surface area contributed by atoms with Gasteiger partial charge in [-0.05, 0) is 30.9 Å². The number of hydrogen-bond donors (Lipinski definition) is 0. The number of carbonyl (C=O) groups excluding carboxylic acids is 1. The van der Waals surface area contributed by atoms with E-state index in [2.05, 4.69) is 11.2 Å². The van der Waals surface area contributed by atoms with Gasteiger partial charge in [-0.1, -0.05) is 37.3 Å². The Hall–Kier alpha value is -2.61. The second kappa shape index (κ2) is 6.88. The van der Waals surface area contributed by atoms with Crippen LogP contribution in [-0.4, -0.2) is 33.7 Å². The Bertz CT molecular complexity index is 710. The second-order valence-corrected chi connectivity index (χ2v) is 6.30. The van der Waals surface area contributed by atoms with E-state index < -0.39 is 5.41 Å². The highest BCUT2D eigenvalue weighted by molar-refractivity contribution is 5.80. The van der Waals surface area contributed by atoms with Gasteiger partial charge in [0.1, 0.15) is 6.04 Å². The summed E-state index contributed by atoms with van der Waals surface area (Å²) in [6, 6.07) is 14.0. The highest BCUT2D eigenvalue weighted by Crippen LogP contribution is 2.35. The first-order valence-electron chi connectivity index (χ1n) is 8.45. The lowest BCUT2D eigenvalue weighted by Crippen LogP contribution is -2.47. The molecule has 0 radical (unpaired) electrons. The number of amides is 1. The van der Waals surface area contributed by atoms with Gasteiger partial charge in [0, 0.05) is 25.5 Å². The van der Waals surface area contributed by atoms with Crippen LogP contribution in [0, 0.1) is 11.3 Å². The number of carbonyl (C=O) groups is 1. The molecule has 0 N–H and O–H groups in total. The summed E-state index contributed by atoms with van der Waals surface area (Å²) in [5.41, 5.74) is 0.574. The molecule has 1 atom stereocenters. The molecular formula is C19H22N4O. The zero-order valence-electron chi connectivity index (χ0n) is 13.9. The SMILES string of the molecule is CC[C@H](C(=O)N1CCC(C#N)(c2ccccc2)CC1)n1cccn1. The number of hydrogen-bond acceptors (Lipinski definition) is 3. The molecule has 2 heterocycles. The van der Waals surface area contributed by atoms with Gasteiger partial charge in [0.05, 0.1) is 11.5 Å². The predicted molar refractivity (Wildman–Crippen MR) is 91.1 cm³/mol. The van der Waals surface area contributed by atoms with E-state index >= 15 is 0 Å². The molecule has 1 fully saturated rings. The zero-order chi connectivity index (χ0) is 17.0. The van der Waals surface area contributed by atoms with E-state index in [1.807, 2.05) is 54.4 Å². The number of nitriles is 1.